The van der Waals surface area contributed by atoms with Crippen molar-refractivity contribution in [2.45, 2.75) is 71.3 Å². The molecule has 1 saturated carbocycles. The molecule has 0 bridgehead atoms. The Kier molecular flexibility index (Phi) is 5.83. The average molecular weight is 269 g/mol. The molecule has 2 N–H and O–H groups in total. The summed E-state index contributed by atoms with van der Waals surface area (Å²) < 4.78 is 0. The average Bonchev–Trinajstić information content (AvgIpc) is 2.39. The van der Waals surface area contributed by atoms with E-state index >= 15 is 0 Å². The van der Waals surface area contributed by atoms with Crippen LogP contribution in [0.4, 0.5) is 0 Å². The first-order valence-corrected chi connectivity index (χ1v) is 7.44. The first-order valence-electron chi connectivity index (χ1n) is 7.44. The van der Waals surface area contributed by atoms with Gasteiger partial charge >= 0.3 is 5.97 Å². The van der Waals surface area contributed by atoms with Crippen LogP contribution in [0.15, 0.2) is 0 Å². The van der Waals surface area contributed by atoms with E-state index in [1.165, 1.54) is 32.1 Å². The lowest BCUT2D eigenvalue weighted by Crippen LogP contribution is -2.53. The van der Waals surface area contributed by atoms with Gasteiger partial charge in [0, 0.05) is 5.92 Å². The van der Waals surface area contributed by atoms with E-state index in [0.29, 0.717) is 12.3 Å². The Hall–Kier alpha value is -1.06. The number of aliphatic carboxylic acids is 1. The Balaban J connectivity index is 2.49. The van der Waals surface area contributed by atoms with Crippen LogP contribution >= 0.6 is 0 Å². The molecule has 1 rings (SSSR count). The van der Waals surface area contributed by atoms with E-state index in [1.54, 1.807) is 13.8 Å². The molecular weight excluding hydrogens is 242 g/mol. The standard InChI is InChI=1S/C15H27NO3/c1-4-15(3,14(18)19)16-13(17)11(2)10-12-8-6-5-7-9-12/h11-12H,4-10H2,1-3H3,(H,16,17)(H,18,19). The van der Waals surface area contributed by atoms with Gasteiger partial charge in [0.15, 0.2) is 0 Å². The van der Waals surface area contributed by atoms with Gasteiger partial charge in [-0.25, -0.2) is 4.79 Å². The predicted octanol–water partition coefficient (Wildman–Crippen LogP) is 2.96. The monoisotopic (exact) mass is 269 g/mol. The molecule has 1 fully saturated rings. The highest BCUT2D eigenvalue weighted by atomic mass is 16.4. The van der Waals surface area contributed by atoms with Gasteiger partial charge in [-0.1, -0.05) is 46.0 Å². The Bertz CT molecular complexity index is 323. The van der Waals surface area contributed by atoms with Gasteiger partial charge in [-0.2, -0.15) is 0 Å². The predicted molar refractivity (Wildman–Crippen MR) is 74.8 cm³/mol. The van der Waals surface area contributed by atoms with Crippen molar-refractivity contribution in [2.75, 3.05) is 0 Å². The molecule has 1 aliphatic rings. The fraction of sp³-hybridized carbons (Fsp3) is 0.867. The summed E-state index contributed by atoms with van der Waals surface area (Å²) in [5.41, 5.74) is -1.14. The molecule has 0 spiro atoms. The van der Waals surface area contributed by atoms with Crippen molar-refractivity contribution in [1.29, 1.82) is 0 Å². The summed E-state index contributed by atoms with van der Waals surface area (Å²) >= 11 is 0. The molecule has 0 aliphatic heterocycles. The fourth-order valence-corrected chi connectivity index (χ4v) is 2.72. The maximum atomic E-state index is 12.1. The minimum absolute atomic E-state index is 0.103. The van der Waals surface area contributed by atoms with Crippen molar-refractivity contribution in [3.05, 3.63) is 0 Å². The molecule has 1 amide bonds. The van der Waals surface area contributed by atoms with Crippen molar-refractivity contribution in [1.82, 2.24) is 5.32 Å². The Morgan fingerprint density at radius 1 is 1.32 bits per heavy atom. The molecule has 2 unspecified atom stereocenters. The Morgan fingerprint density at radius 3 is 2.37 bits per heavy atom. The van der Waals surface area contributed by atoms with Gasteiger partial charge in [0.1, 0.15) is 5.54 Å². The van der Waals surface area contributed by atoms with E-state index in [-0.39, 0.29) is 11.8 Å². The third kappa shape index (κ3) is 4.51. The third-order valence-corrected chi connectivity index (χ3v) is 4.44. The molecule has 0 aromatic carbocycles. The lowest BCUT2D eigenvalue weighted by atomic mass is 9.83. The van der Waals surface area contributed by atoms with Gasteiger partial charge in [-0.3, -0.25) is 4.79 Å². The summed E-state index contributed by atoms with van der Waals surface area (Å²) in [6.45, 7) is 5.25. The molecular formula is C15H27NO3. The van der Waals surface area contributed by atoms with Crippen LogP contribution in [0.1, 0.15) is 65.7 Å². The third-order valence-electron chi connectivity index (χ3n) is 4.44. The summed E-state index contributed by atoms with van der Waals surface area (Å²) in [6, 6.07) is 0. The van der Waals surface area contributed by atoms with Gasteiger partial charge in [0.05, 0.1) is 0 Å². The minimum Gasteiger partial charge on any atom is -0.480 e. The molecule has 0 heterocycles. The van der Waals surface area contributed by atoms with Crippen LogP contribution in [-0.4, -0.2) is 22.5 Å². The SMILES string of the molecule is CCC(C)(NC(=O)C(C)CC1CCCCC1)C(=O)O. The van der Waals surface area contributed by atoms with Gasteiger partial charge in [0.25, 0.3) is 0 Å². The molecule has 0 radical (unpaired) electrons. The van der Waals surface area contributed by atoms with Crippen LogP contribution in [0, 0.1) is 11.8 Å². The first-order chi connectivity index (χ1) is 8.89. The number of carboxylic acid groups (broad SMARTS) is 1. The molecule has 110 valence electrons. The number of nitrogens with one attached hydrogen (secondary N) is 1. The zero-order valence-corrected chi connectivity index (χ0v) is 12.4. The fourth-order valence-electron chi connectivity index (χ4n) is 2.72. The van der Waals surface area contributed by atoms with E-state index in [4.69, 9.17) is 5.11 Å². The van der Waals surface area contributed by atoms with E-state index < -0.39 is 11.5 Å². The van der Waals surface area contributed by atoms with Crippen LogP contribution in [0.5, 0.6) is 0 Å². The summed E-state index contributed by atoms with van der Waals surface area (Å²) in [5.74, 6) is -0.564. The molecule has 1 aliphatic carbocycles. The molecule has 4 heteroatoms. The Morgan fingerprint density at radius 2 is 1.89 bits per heavy atom. The lowest BCUT2D eigenvalue weighted by Gasteiger charge is -2.28. The lowest BCUT2D eigenvalue weighted by molar-refractivity contribution is -0.147. The minimum atomic E-state index is -1.14. The van der Waals surface area contributed by atoms with Gasteiger partial charge in [0.2, 0.25) is 5.91 Å². The van der Waals surface area contributed by atoms with Crippen molar-refractivity contribution in [2.24, 2.45) is 11.8 Å². The first kappa shape index (κ1) is 16.0. The maximum absolute atomic E-state index is 12.1. The largest absolute Gasteiger partial charge is 0.480 e. The number of carbonyl (C=O) groups is 2. The number of hydrogen-bond donors (Lipinski definition) is 2. The molecule has 2 atom stereocenters. The summed E-state index contributed by atoms with van der Waals surface area (Å²) in [5, 5.41) is 11.9. The second kappa shape index (κ2) is 6.92. The summed E-state index contributed by atoms with van der Waals surface area (Å²) in [7, 11) is 0. The van der Waals surface area contributed by atoms with Crippen molar-refractivity contribution < 1.29 is 14.7 Å². The highest BCUT2D eigenvalue weighted by Gasteiger charge is 2.34. The zero-order valence-electron chi connectivity index (χ0n) is 12.4. The maximum Gasteiger partial charge on any atom is 0.329 e. The topological polar surface area (TPSA) is 66.4 Å². The van der Waals surface area contributed by atoms with Crippen LogP contribution in [0.2, 0.25) is 0 Å². The molecule has 19 heavy (non-hydrogen) atoms. The van der Waals surface area contributed by atoms with Gasteiger partial charge in [-0.05, 0) is 25.7 Å². The molecule has 0 saturated heterocycles. The van der Waals surface area contributed by atoms with Crippen LogP contribution in [0.3, 0.4) is 0 Å². The van der Waals surface area contributed by atoms with E-state index in [9.17, 15) is 9.59 Å². The molecule has 0 aromatic heterocycles. The number of carbonyl (C=O) groups excluding carboxylic acids is 1. The van der Waals surface area contributed by atoms with Crippen LogP contribution in [-0.2, 0) is 9.59 Å². The smallest absolute Gasteiger partial charge is 0.329 e. The zero-order chi connectivity index (χ0) is 14.5. The summed E-state index contributed by atoms with van der Waals surface area (Å²) in [4.78, 5) is 23.3. The highest BCUT2D eigenvalue weighted by Crippen LogP contribution is 2.29. The van der Waals surface area contributed by atoms with E-state index in [0.717, 1.165) is 6.42 Å². The second-order valence-electron chi connectivity index (χ2n) is 6.12. The van der Waals surface area contributed by atoms with Crippen molar-refractivity contribution in [3.8, 4) is 0 Å². The number of hydrogen-bond acceptors (Lipinski definition) is 2. The number of rotatable bonds is 6. The van der Waals surface area contributed by atoms with Gasteiger partial charge < -0.3 is 10.4 Å². The van der Waals surface area contributed by atoms with E-state index in [2.05, 4.69) is 5.32 Å². The summed E-state index contributed by atoms with van der Waals surface area (Å²) in [6.07, 6.45) is 7.53. The molecule has 0 aromatic rings. The Labute approximate surface area is 116 Å². The van der Waals surface area contributed by atoms with Crippen molar-refractivity contribution in [3.63, 3.8) is 0 Å². The quantitative estimate of drug-likeness (QED) is 0.779. The number of carboxylic acids is 1. The normalized spacial score (nSPS) is 21.4. The number of amides is 1. The molecule has 4 nitrogen and oxygen atoms in total. The van der Waals surface area contributed by atoms with Crippen molar-refractivity contribution >= 4 is 11.9 Å². The van der Waals surface area contributed by atoms with Crippen LogP contribution < -0.4 is 5.32 Å². The van der Waals surface area contributed by atoms with Crippen LogP contribution in [0.25, 0.3) is 0 Å². The highest BCUT2D eigenvalue weighted by molar-refractivity contribution is 5.87. The second-order valence-corrected chi connectivity index (χ2v) is 6.12. The van der Waals surface area contributed by atoms with E-state index in [1.807, 2.05) is 6.92 Å². The van der Waals surface area contributed by atoms with Gasteiger partial charge in [-0.15, -0.1) is 0 Å².